The van der Waals surface area contributed by atoms with Crippen LogP contribution in [0.2, 0.25) is 10.0 Å². The Kier molecular flexibility index (Phi) is 7.00. The molecule has 0 spiro atoms. The Labute approximate surface area is 213 Å². The van der Waals surface area contributed by atoms with Crippen LogP contribution in [0.5, 0.6) is 11.5 Å². The van der Waals surface area contributed by atoms with E-state index in [9.17, 15) is 29.3 Å². The molecule has 2 amide bonds. The van der Waals surface area contributed by atoms with Gasteiger partial charge in [0, 0.05) is 17.7 Å². The van der Waals surface area contributed by atoms with Gasteiger partial charge in [0.25, 0.3) is 17.5 Å². The number of nitrogens with zero attached hydrogens (tertiary/aromatic N) is 2. The number of non-ortho nitro benzene ring substituents is 1. The molecule has 1 aliphatic heterocycles. The summed E-state index contributed by atoms with van der Waals surface area (Å²) in [4.78, 5) is 60.4. The van der Waals surface area contributed by atoms with Crippen LogP contribution < -0.4 is 4.74 Å². The number of hydrogen-bond acceptors (Lipinski definition) is 8. The number of carbonyl (C=O) groups is 4. The minimum atomic E-state index is -0.951. The van der Waals surface area contributed by atoms with E-state index in [0.29, 0.717) is 16.4 Å². The van der Waals surface area contributed by atoms with Gasteiger partial charge in [0.1, 0.15) is 18.0 Å². The Morgan fingerprint density at radius 2 is 1.36 bits per heavy atom. The van der Waals surface area contributed by atoms with Crippen molar-refractivity contribution in [3.05, 3.63) is 97.5 Å². The first-order valence-electron chi connectivity index (χ1n) is 10.2. The Morgan fingerprint density at radius 3 is 1.86 bits per heavy atom. The zero-order valence-corrected chi connectivity index (χ0v) is 19.6. The van der Waals surface area contributed by atoms with Crippen LogP contribution in [0.25, 0.3) is 0 Å². The van der Waals surface area contributed by atoms with Crippen molar-refractivity contribution in [3.8, 4) is 11.5 Å². The summed E-state index contributed by atoms with van der Waals surface area (Å²) in [7, 11) is 0. The second kappa shape index (κ2) is 10.1. The molecule has 3 aromatic carbocycles. The highest BCUT2D eigenvalue weighted by Gasteiger charge is 2.37. The molecule has 4 rings (SSSR count). The van der Waals surface area contributed by atoms with E-state index in [0.717, 1.165) is 0 Å². The third-order valence-corrected chi connectivity index (χ3v) is 5.84. The molecular weight excluding hydrogens is 515 g/mol. The number of nitro benzene ring substituents is 1. The van der Waals surface area contributed by atoms with Crippen molar-refractivity contribution in [2.75, 3.05) is 13.2 Å². The van der Waals surface area contributed by atoms with Crippen molar-refractivity contribution < 1.29 is 33.6 Å². The van der Waals surface area contributed by atoms with Gasteiger partial charge >= 0.3 is 5.97 Å². The molecule has 0 bridgehead atoms. The molecule has 1 heterocycles. The lowest BCUT2D eigenvalue weighted by Gasteiger charge is -2.13. The number of imide groups is 1. The molecule has 10 nitrogen and oxygen atoms in total. The van der Waals surface area contributed by atoms with E-state index in [2.05, 4.69) is 0 Å². The third kappa shape index (κ3) is 5.19. The fraction of sp³-hybridized carbons (Fsp3) is 0.0833. The van der Waals surface area contributed by atoms with E-state index < -0.39 is 41.6 Å². The van der Waals surface area contributed by atoms with Crippen LogP contribution in [0, 0.1) is 10.1 Å². The average molecular weight is 529 g/mol. The fourth-order valence-electron chi connectivity index (χ4n) is 3.31. The first-order valence-corrected chi connectivity index (χ1v) is 11.0. The van der Waals surface area contributed by atoms with E-state index in [1.165, 1.54) is 60.7 Å². The molecule has 0 saturated heterocycles. The largest absolute Gasteiger partial charge is 0.457 e. The number of rotatable bonds is 8. The maximum Gasteiger partial charge on any atom is 0.326 e. The van der Waals surface area contributed by atoms with E-state index in [4.69, 9.17) is 32.7 Å². The number of fused-ring (bicyclic) bond motifs is 1. The molecule has 0 unspecified atom stereocenters. The first-order chi connectivity index (χ1) is 17.1. The molecular formula is C24H14Cl2N2O8. The van der Waals surface area contributed by atoms with Gasteiger partial charge in [0.05, 0.1) is 26.1 Å². The summed E-state index contributed by atoms with van der Waals surface area (Å²) in [5.41, 5.74) is 0.196. The number of hydrogen-bond donors (Lipinski definition) is 0. The first kappa shape index (κ1) is 24.8. The van der Waals surface area contributed by atoms with Crippen LogP contribution in [0.1, 0.15) is 31.1 Å². The molecule has 182 valence electrons. The monoisotopic (exact) mass is 528 g/mol. The van der Waals surface area contributed by atoms with Gasteiger partial charge in [-0.3, -0.25) is 34.2 Å². The zero-order chi connectivity index (χ0) is 26.0. The van der Waals surface area contributed by atoms with Gasteiger partial charge in [-0.2, -0.15) is 0 Å². The van der Waals surface area contributed by atoms with E-state index in [1.807, 2.05) is 0 Å². The normalized spacial score (nSPS) is 12.3. The number of carbonyl (C=O) groups excluding carboxylic acids is 4. The number of halogens is 2. The number of ether oxygens (including phenoxy) is 2. The molecule has 36 heavy (non-hydrogen) atoms. The van der Waals surface area contributed by atoms with Gasteiger partial charge in [0.2, 0.25) is 0 Å². The maximum absolute atomic E-state index is 12.5. The lowest BCUT2D eigenvalue weighted by Crippen LogP contribution is -2.36. The Bertz CT molecular complexity index is 1360. The molecule has 0 aromatic heterocycles. The predicted molar refractivity (Wildman–Crippen MR) is 127 cm³/mol. The highest BCUT2D eigenvalue weighted by molar-refractivity contribution is 6.43. The summed E-state index contributed by atoms with van der Waals surface area (Å²) in [5.74, 6) is -2.17. The molecule has 0 radical (unpaired) electrons. The van der Waals surface area contributed by atoms with Crippen LogP contribution in [0.4, 0.5) is 5.69 Å². The minimum Gasteiger partial charge on any atom is -0.457 e. The van der Waals surface area contributed by atoms with Crippen LogP contribution in [-0.2, 0) is 9.53 Å². The van der Waals surface area contributed by atoms with Gasteiger partial charge in [-0.05, 0) is 48.5 Å². The molecule has 0 N–H and O–H groups in total. The standard InChI is InChI=1S/C24H14Cl2N2O8/c25-19-9-17-18(10-20(19)26)24(32)27(23(17)31)11-22(30)35-12-21(29)13-1-5-15(6-2-13)36-16-7-3-14(4-8-16)28(33)34/h1-10H,11-12H2. The quantitative estimate of drug-likeness (QED) is 0.135. The van der Waals surface area contributed by atoms with Crippen molar-refractivity contribution in [2.45, 2.75) is 0 Å². The summed E-state index contributed by atoms with van der Waals surface area (Å²) in [5, 5.41) is 10.9. The van der Waals surface area contributed by atoms with Gasteiger partial charge in [0.15, 0.2) is 12.4 Å². The number of esters is 1. The predicted octanol–water partition coefficient (Wildman–Crippen LogP) is 4.72. The van der Waals surface area contributed by atoms with Gasteiger partial charge in [-0.1, -0.05) is 23.2 Å². The summed E-state index contributed by atoms with van der Waals surface area (Å²) in [6.07, 6.45) is 0. The summed E-state index contributed by atoms with van der Waals surface area (Å²) >= 11 is 11.8. The van der Waals surface area contributed by atoms with E-state index in [1.54, 1.807) is 0 Å². The maximum atomic E-state index is 12.5. The van der Waals surface area contributed by atoms with Gasteiger partial charge < -0.3 is 9.47 Å². The number of amides is 2. The molecule has 1 aliphatic rings. The van der Waals surface area contributed by atoms with Crippen LogP contribution in [-0.4, -0.2) is 46.5 Å². The second-order valence-electron chi connectivity index (χ2n) is 7.47. The molecule has 0 atom stereocenters. The summed E-state index contributed by atoms with van der Waals surface area (Å²) in [6.45, 7) is -1.29. The molecule has 0 aliphatic carbocycles. The van der Waals surface area contributed by atoms with Gasteiger partial charge in [-0.25, -0.2) is 0 Å². The number of Topliss-reactive ketones (excluding diaryl/α,β-unsaturated/α-hetero) is 1. The van der Waals surface area contributed by atoms with E-state index >= 15 is 0 Å². The molecule has 0 saturated carbocycles. The van der Waals surface area contributed by atoms with Crippen molar-refractivity contribution in [1.29, 1.82) is 0 Å². The smallest absolute Gasteiger partial charge is 0.326 e. The SMILES string of the molecule is O=C(CN1C(=O)c2cc(Cl)c(Cl)cc2C1=O)OCC(=O)c1ccc(Oc2ccc([N+](=O)[O-])cc2)cc1. The molecule has 3 aromatic rings. The fourth-order valence-corrected chi connectivity index (χ4v) is 3.64. The van der Waals surface area contributed by atoms with Crippen molar-refractivity contribution >= 4 is 52.5 Å². The molecule has 12 heteroatoms. The summed E-state index contributed by atoms with van der Waals surface area (Å²) < 4.78 is 10.5. The topological polar surface area (TPSA) is 133 Å². The number of benzene rings is 3. The van der Waals surface area contributed by atoms with Crippen molar-refractivity contribution in [2.24, 2.45) is 0 Å². The Hall–Kier alpha value is -4.28. The number of nitro groups is 1. The van der Waals surface area contributed by atoms with Crippen molar-refractivity contribution in [3.63, 3.8) is 0 Å². The van der Waals surface area contributed by atoms with Gasteiger partial charge in [-0.15, -0.1) is 0 Å². The molecule has 0 fully saturated rings. The Balaban J connectivity index is 1.31. The Morgan fingerprint density at radius 1 is 0.861 bits per heavy atom. The highest BCUT2D eigenvalue weighted by Crippen LogP contribution is 2.31. The second-order valence-corrected chi connectivity index (χ2v) is 8.28. The lowest BCUT2D eigenvalue weighted by atomic mass is 10.1. The van der Waals surface area contributed by atoms with Crippen LogP contribution in [0.15, 0.2) is 60.7 Å². The zero-order valence-electron chi connectivity index (χ0n) is 18.1. The van der Waals surface area contributed by atoms with Crippen LogP contribution >= 0.6 is 23.2 Å². The highest BCUT2D eigenvalue weighted by atomic mass is 35.5. The minimum absolute atomic E-state index is 0.0225. The van der Waals surface area contributed by atoms with Crippen molar-refractivity contribution in [1.82, 2.24) is 4.90 Å². The average Bonchev–Trinajstić information content (AvgIpc) is 3.07. The third-order valence-electron chi connectivity index (χ3n) is 5.12. The summed E-state index contributed by atoms with van der Waals surface area (Å²) in [6, 6.07) is 13.9. The van der Waals surface area contributed by atoms with E-state index in [-0.39, 0.29) is 32.4 Å². The number of ketones is 1. The lowest BCUT2D eigenvalue weighted by molar-refractivity contribution is -0.384. The van der Waals surface area contributed by atoms with Crippen LogP contribution in [0.3, 0.4) is 0 Å².